The molecule has 0 aliphatic heterocycles. The fraction of sp³-hybridized carbons (Fsp3) is 1.00. The SMILES string of the molecule is CCCCCCCCC1CCCCCC1Cl. The highest BCUT2D eigenvalue weighted by atomic mass is 35.5. The van der Waals surface area contributed by atoms with Gasteiger partial charge in [-0.25, -0.2) is 0 Å². The van der Waals surface area contributed by atoms with E-state index in [1.54, 1.807) is 0 Å². The first-order valence-electron chi connectivity index (χ1n) is 7.48. The Kier molecular flexibility index (Phi) is 8.37. The Labute approximate surface area is 107 Å². The van der Waals surface area contributed by atoms with Crippen molar-refractivity contribution in [3.8, 4) is 0 Å². The van der Waals surface area contributed by atoms with E-state index in [1.165, 1.54) is 77.0 Å². The summed E-state index contributed by atoms with van der Waals surface area (Å²) < 4.78 is 0. The van der Waals surface area contributed by atoms with Gasteiger partial charge >= 0.3 is 0 Å². The second-order valence-corrected chi connectivity index (χ2v) is 6.03. The molecule has 1 saturated carbocycles. The van der Waals surface area contributed by atoms with Crippen LogP contribution < -0.4 is 0 Å². The number of halogens is 1. The van der Waals surface area contributed by atoms with Crippen LogP contribution in [0.1, 0.15) is 84.0 Å². The molecule has 0 heterocycles. The van der Waals surface area contributed by atoms with Crippen LogP contribution in [0.15, 0.2) is 0 Å². The Morgan fingerprint density at radius 2 is 1.56 bits per heavy atom. The van der Waals surface area contributed by atoms with Crippen molar-refractivity contribution in [2.75, 3.05) is 0 Å². The molecule has 1 rings (SSSR count). The maximum Gasteiger partial charge on any atom is 0.0364 e. The molecule has 0 aromatic heterocycles. The van der Waals surface area contributed by atoms with Gasteiger partial charge in [0.05, 0.1) is 0 Å². The Hall–Kier alpha value is 0.290. The minimum Gasteiger partial charge on any atom is -0.123 e. The Bertz CT molecular complexity index is 156. The molecule has 16 heavy (non-hydrogen) atoms. The number of alkyl halides is 1. The lowest BCUT2D eigenvalue weighted by molar-refractivity contribution is 0.410. The summed E-state index contributed by atoms with van der Waals surface area (Å²) in [4.78, 5) is 0. The van der Waals surface area contributed by atoms with Crippen LogP contribution in [-0.4, -0.2) is 5.38 Å². The summed E-state index contributed by atoms with van der Waals surface area (Å²) in [5.41, 5.74) is 0. The molecule has 0 radical (unpaired) electrons. The van der Waals surface area contributed by atoms with Crippen molar-refractivity contribution in [3.63, 3.8) is 0 Å². The monoisotopic (exact) mass is 244 g/mol. The quantitative estimate of drug-likeness (QED) is 0.296. The molecule has 0 nitrogen and oxygen atoms in total. The molecule has 1 aliphatic rings. The highest BCUT2D eigenvalue weighted by molar-refractivity contribution is 6.20. The predicted molar refractivity (Wildman–Crippen MR) is 74.2 cm³/mol. The first-order valence-corrected chi connectivity index (χ1v) is 7.92. The average molecular weight is 245 g/mol. The van der Waals surface area contributed by atoms with Crippen LogP contribution >= 0.6 is 11.6 Å². The molecule has 96 valence electrons. The van der Waals surface area contributed by atoms with Gasteiger partial charge in [-0.15, -0.1) is 11.6 Å². The van der Waals surface area contributed by atoms with Crippen LogP contribution in [0, 0.1) is 5.92 Å². The van der Waals surface area contributed by atoms with Crippen molar-refractivity contribution in [1.29, 1.82) is 0 Å². The standard InChI is InChI=1S/C15H29Cl/c1-2-3-4-5-6-8-11-14-12-9-7-10-13-15(14)16/h14-15H,2-13H2,1H3. The third kappa shape index (κ3) is 6.13. The summed E-state index contributed by atoms with van der Waals surface area (Å²) in [6, 6.07) is 0. The van der Waals surface area contributed by atoms with E-state index < -0.39 is 0 Å². The summed E-state index contributed by atoms with van der Waals surface area (Å²) in [5.74, 6) is 0.829. The van der Waals surface area contributed by atoms with E-state index in [0.29, 0.717) is 5.38 Å². The molecular weight excluding hydrogens is 216 g/mol. The molecule has 0 amide bonds. The lowest BCUT2D eigenvalue weighted by atomic mass is 9.93. The van der Waals surface area contributed by atoms with E-state index in [-0.39, 0.29) is 0 Å². The topological polar surface area (TPSA) is 0 Å². The van der Waals surface area contributed by atoms with Crippen LogP contribution in [0.4, 0.5) is 0 Å². The molecule has 1 fully saturated rings. The fourth-order valence-electron chi connectivity index (χ4n) is 2.85. The van der Waals surface area contributed by atoms with Crippen molar-refractivity contribution < 1.29 is 0 Å². The van der Waals surface area contributed by atoms with Crippen molar-refractivity contribution in [2.45, 2.75) is 89.4 Å². The van der Waals surface area contributed by atoms with E-state index in [0.717, 1.165) is 5.92 Å². The zero-order valence-electron chi connectivity index (χ0n) is 11.0. The zero-order chi connectivity index (χ0) is 11.6. The van der Waals surface area contributed by atoms with Gasteiger partial charge in [0.15, 0.2) is 0 Å². The van der Waals surface area contributed by atoms with Crippen molar-refractivity contribution >= 4 is 11.6 Å². The number of unbranched alkanes of at least 4 members (excludes halogenated alkanes) is 5. The zero-order valence-corrected chi connectivity index (χ0v) is 11.8. The molecule has 0 N–H and O–H groups in total. The maximum atomic E-state index is 6.45. The molecule has 2 unspecified atom stereocenters. The van der Waals surface area contributed by atoms with E-state index in [4.69, 9.17) is 11.6 Å². The lowest BCUT2D eigenvalue weighted by Gasteiger charge is -2.19. The Morgan fingerprint density at radius 1 is 0.875 bits per heavy atom. The molecule has 1 aliphatic carbocycles. The predicted octanol–water partition coefficient (Wildman–Crippen LogP) is 5.92. The first-order chi connectivity index (χ1) is 7.84. The highest BCUT2D eigenvalue weighted by Crippen LogP contribution is 2.31. The summed E-state index contributed by atoms with van der Waals surface area (Å²) in [6.45, 7) is 2.28. The molecular formula is C15H29Cl. The van der Waals surface area contributed by atoms with Gasteiger partial charge in [-0.05, 0) is 25.2 Å². The van der Waals surface area contributed by atoms with Gasteiger partial charge < -0.3 is 0 Å². The molecule has 0 spiro atoms. The van der Waals surface area contributed by atoms with Crippen molar-refractivity contribution in [1.82, 2.24) is 0 Å². The molecule has 1 heteroatoms. The molecule has 2 atom stereocenters. The number of hydrogen-bond acceptors (Lipinski definition) is 0. The largest absolute Gasteiger partial charge is 0.123 e. The van der Waals surface area contributed by atoms with Crippen LogP contribution in [0.3, 0.4) is 0 Å². The minimum absolute atomic E-state index is 0.484. The summed E-state index contributed by atoms with van der Waals surface area (Å²) >= 11 is 6.45. The normalized spacial score (nSPS) is 26.6. The van der Waals surface area contributed by atoms with Gasteiger partial charge in [0, 0.05) is 5.38 Å². The first kappa shape index (κ1) is 14.4. The fourth-order valence-corrected chi connectivity index (χ4v) is 3.26. The third-order valence-electron chi connectivity index (χ3n) is 3.99. The summed E-state index contributed by atoms with van der Waals surface area (Å²) in [5, 5.41) is 0.484. The molecule has 0 aromatic rings. The van der Waals surface area contributed by atoms with Gasteiger partial charge in [0.1, 0.15) is 0 Å². The molecule has 0 aromatic carbocycles. The molecule has 0 bridgehead atoms. The van der Waals surface area contributed by atoms with Gasteiger partial charge in [-0.1, -0.05) is 64.7 Å². The second-order valence-electron chi connectivity index (χ2n) is 5.47. The maximum absolute atomic E-state index is 6.45. The van der Waals surface area contributed by atoms with Crippen molar-refractivity contribution in [3.05, 3.63) is 0 Å². The van der Waals surface area contributed by atoms with Crippen LogP contribution in [0.5, 0.6) is 0 Å². The third-order valence-corrected chi connectivity index (χ3v) is 4.57. The number of rotatable bonds is 7. The summed E-state index contributed by atoms with van der Waals surface area (Å²) in [6.07, 6.45) is 16.7. The lowest BCUT2D eigenvalue weighted by Crippen LogP contribution is -2.12. The van der Waals surface area contributed by atoms with E-state index in [9.17, 15) is 0 Å². The van der Waals surface area contributed by atoms with E-state index in [1.807, 2.05) is 0 Å². The number of hydrogen-bond donors (Lipinski definition) is 0. The van der Waals surface area contributed by atoms with Gasteiger partial charge in [0.2, 0.25) is 0 Å². The Morgan fingerprint density at radius 3 is 2.38 bits per heavy atom. The Balaban J connectivity index is 2.01. The van der Waals surface area contributed by atoms with Crippen LogP contribution in [0.2, 0.25) is 0 Å². The van der Waals surface area contributed by atoms with Crippen LogP contribution in [-0.2, 0) is 0 Å². The van der Waals surface area contributed by atoms with Crippen LogP contribution in [0.25, 0.3) is 0 Å². The van der Waals surface area contributed by atoms with E-state index in [2.05, 4.69) is 6.92 Å². The highest BCUT2D eigenvalue weighted by Gasteiger charge is 2.20. The minimum atomic E-state index is 0.484. The van der Waals surface area contributed by atoms with Crippen molar-refractivity contribution in [2.24, 2.45) is 5.92 Å². The second kappa shape index (κ2) is 9.33. The van der Waals surface area contributed by atoms with Gasteiger partial charge in [-0.3, -0.25) is 0 Å². The van der Waals surface area contributed by atoms with Gasteiger partial charge in [-0.2, -0.15) is 0 Å². The summed E-state index contributed by atoms with van der Waals surface area (Å²) in [7, 11) is 0. The smallest absolute Gasteiger partial charge is 0.0364 e. The van der Waals surface area contributed by atoms with Gasteiger partial charge in [0.25, 0.3) is 0 Å². The average Bonchev–Trinajstić information content (AvgIpc) is 2.49. The molecule has 0 saturated heterocycles. The van der Waals surface area contributed by atoms with E-state index >= 15 is 0 Å².